The molecular formula is C13H14BrN3O. The van der Waals surface area contributed by atoms with Gasteiger partial charge in [-0.25, -0.2) is 0 Å². The summed E-state index contributed by atoms with van der Waals surface area (Å²) in [5, 5.41) is 9.63. The number of H-pyrrole nitrogens is 1. The molecule has 2 aromatic rings. The Morgan fingerprint density at radius 2 is 2.22 bits per heavy atom. The van der Waals surface area contributed by atoms with Crippen molar-refractivity contribution in [1.29, 1.82) is 0 Å². The van der Waals surface area contributed by atoms with Crippen molar-refractivity contribution in [2.45, 2.75) is 20.4 Å². The van der Waals surface area contributed by atoms with E-state index in [9.17, 15) is 4.79 Å². The molecule has 0 aliphatic heterocycles. The number of carbonyl (C=O) groups is 1. The third-order valence-electron chi connectivity index (χ3n) is 2.79. The molecule has 1 aromatic heterocycles. The molecule has 94 valence electrons. The van der Waals surface area contributed by atoms with Crippen molar-refractivity contribution in [2.75, 3.05) is 0 Å². The van der Waals surface area contributed by atoms with Crippen LogP contribution in [0.25, 0.3) is 0 Å². The van der Waals surface area contributed by atoms with Crippen molar-refractivity contribution in [2.24, 2.45) is 0 Å². The van der Waals surface area contributed by atoms with E-state index in [0.717, 1.165) is 21.3 Å². The molecule has 0 aliphatic rings. The van der Waals surface area contributed by atoms with Gasteiger partial charge in [-0.2, -0.15) is 5.10 Å². The van der Waals surface area contributed by atoms with Crippen molar-refractivity contribution in [3.63, 3.8) is 0 Å². The number of halogens is 1. The highest BCUT2D eigenvalue weighted by atomic mass is 79.9. The SMILES string of the molecule is Cc1cc(C(=O)NCc2cn[nH]c2C)ccc1Br. The van der Waals surface area contributed by atoms with Gasteiger partial charge in [0.15, 0.2) is 0 Å². The van der Waals surface area contributed by atoms with E-state index in [1.54, 1.807) is 12.3 Å². The lowest BCUT2D eigenvalue weighted by Gasteiger charge is -2.06. The fourth-order valence-corrected chi connectivity index (χ4v) is 1.86. The van der Waals surface area contributed by atoms with Gasteiger partial charge in [0, 0.05) is 27.8 Å². The third kappa shape index (κ3) is 2.79. The third-order valence-corrected chi connectivity index (χ3v) is 3.68. The van der Waals surface area contributed by atoms with Crippen LogP contribution in [0.5, 0.6) is 0 Å². The van der Waals surface area contributed by atoms with Crippen LogP contribution < -0.4 is 5.32 Å². The molecule has 0 aliphatic carbocycles. The first kappa shape index (κ1) is 12.8. The van der Waals surface area contributed by atoms with Gasteiger partial charge in [-0.3, -0.25) is 9.89 Å². The number of nitrogens with zero attached hydrogens (tertiary/aromatic N) is 1. The molecule has 0 saturated carbocycles. The summed E-state index contributed by atoms with van der Waals surface area (Å²) < 4.78 is 1.00. The number of rotatable bonds is 3. The topological polar surface area (TPSA) is 57.8 Å². The van der Waals surface area contributed by atoms with Crippen LogP contribution in [-0.4, -0.2) is 16.1 Å². The second-order valence-corrected chi connectivity index (χ2v) is 5.02. The average molecular weight is 308 g/mol. The second kappa shape index (κ2) is 5.35. The minimum absolute atomic E-state index is 0.0776. The highest BCUT2D eigenvalue weighted by Gasteiger charge is 2.08. The Labute approximate surface area is 114 Å². The molecule has 0 radical (unpaired) electrons. The summed E-state index contributed by atoms with van der Waals surface area (Å²) in [4.78, 5) is 12.0. The lowest BCUT2D eigenvalue weighted by Crippen LogP contribution is -2.23. The molecule has 1 amide bonds. The van der Waals surface area contributed by atoms with E-state index in [4.69, 9.17) is 0 Å². The maximum absolute atomic E-state index is 12.0. The van der Waals surface area contributed by atoms with E-state index in [0.29, 0.717) is 12.1 Å². The Kier molecular flexibility index (Phi) is 3.81. The van der Waals surface area contributed by atoms with Crippen LogP contribution in [0, 0.1) is 13.8 Å². The molecule has 18 heavy (non-hydrogen) atoms. The monoisotopic (exact) mass is 307 g/mol. The Morgan fingerprint density at radius 3 is 2.83 bits per heavy atom. The molecule has 0 unspecified atom stereocenters. The number of nitrogens with one attached hydrogen (secondary N) is 2. The number of aromatic nitrogens is 2. The summed E-state index contributed by atoms with van der Waals surface area (Å²) in [5.41, 5.74) is 3.68. The number of aromatic amines is 1. The van der Waals surface area contributed by atoms with E-state index in [1.165, 1.54) is 0 Å². The zero-order chi connectivity index (χ0) is 13.1. The first-order chi connectivity index (χ1) is 8.58. The predicted octanol–water partition coefficient (Wildman–Crippen LogP) is 2.72. The van der Waals surface area contributed by atoms with Crippen molar-refractivity contribution in [3.8, 4) is 0 Å². The highest BCUT2D eigenvalue weighted by molar-refractivity contribution is 9.10. The van der Waals surface area contributed by atoms with E-state index in [2.05, 4.69) is 31.4 Å². The molecule has 5 heteroatoms. The van der Waals surface area contributed by atoms with E-state index in [-0.39, 0.29) is 5.91 Å². The van der Waals surface area contributed by atoms with Gasteiger partial charge in [-0.1, -0.05) is 15.9 Å². The molecule has 2 rings (SSSR count). The first-order valence-corrected chi connectivity index (χ1v) is 6.40. The fraction of sp³-hybridized carbons (Fsp3) is 0.231. The number of benzene rings is 1. The number of hydrogen-bond acceptors (Lipinski definition) is 2. The largest absolute Gasteiger partial charge is 0.348 e. The van der Waals surface area contributed by atoms with Crippen molar-refractivity contribution >= 4 is 21.8 Å². The zero-order valence-electron chi connectivity index (χ0n) is 10.2. The van der Waals surface area contributed by atoms with Crippen molar-refractivity contribution in [1.82, 2.24) is 15.5 Å². The minimum Gasteiger partial charge on any atom is -0.348 e. The molecule has 0 bridgehead atoms. The highest BCUT2D eigenvalue weighted by Crippen LogP contribution is 2.17. The maximum Gasteiger partial charge on any atom is 0.251 e. The van der Waals surface area contributed by atoms with Crippen LogP contribution in [0.2, 0.25) is 0 Å². The summed E-state index contributed by atoms with van der Waals surface area (Å²) in [6.07, 6.45) is 1.72. The maximum atomic E-state index is 12.0. The van der Waals surface area contributed by atoms with Crippen molar-refractivity contribution in [3.05, 3.63) is 51.3 Å². The van der Waals surface area contributed by atoms with Gasteiger partial charge in [0.25, 0.3) is 5.91 Å². The van der Waals surface area contributed by atoms with E-state index >= 15 is 0 Å². The summed E-state index contributed by atoms with van der Waals surface area (Å²) >= 11 is 3.41. The summed E-state index contributed by atoms with van der Waals surface area (Å²) in [6, 6.07) is 5.55. The number of amides is 1. The van der Waals surface area contributed by atoms with E-state index in [1.807, 2.05) is 26.0 Å². The van der Waals surface area contributed by atoms with Gasteiger partial charge < -0.3 is 5.32 Å². The lowest BCUT2D eigenvalue weighted by molar-refractivity contribution is 0.0951. The lowest BCUT2D eigenvalue weighted by atomic mass is 10.1. The van der Waals surface area contributed by atoms with Crippen LogP contribution in [0.3, 0.4) is 0 Å². The van der Waals surface area contributed by atoms with Gasteiger partial charge in [0.05, 0.1) is 6.20 Å². The average Bonchev–Trinajstić information content (AvgIpc) is 2.75. The van der Waals surface area contributed by atoms with Crippen molar-refractivity contribution < 1.29 is 4.79 Å². The molecule has 0 saturated heterocycles. The number of hydrogen-bond donors (Lipinski definition) is 2. The van der Waals surface area contributed by atoms with E-state index < -0.39 is 0 Å². The smallest absolute Gasteiger partial charge is 0.251 e. The molecule has 4 nitrogen and oxygen atoms in total. The molecule has 1 heterocycles. The Balaban J connectivity index is 2.04. The van der Waals surface area contributed by atoms with Gasteiger partial charge in [0.2, 0.25) is 0 Å². The predicted molar refractivity (Wildman–Crippen MR) is 73.4 cm³/mol. The molecule has 0 spiro atoms. The van der Waals surface area contributed by atoms with Crippen LogP contribution in [0.15, 0.2) is 28.9 Å². The molecular weight excluding hydrogens is 294 g/mol. The number of aryl methyl sites for hydroxylation is 2. The fourth-order valence-electron chi connectivity index (χ4n) is 1.62. The molecule has 2 N–H and O–H groups in total. The quantitative estimate of drug-likeness (QED) is 0.916. The Bertz CT molecular complexity index is 577. The van der Waals surface area contributed by atoms with Crippen LogP contribution in [0.4, 0.5) is 0 Å². The minimum atomic E-state index is -0.0776. The van der Waals surface area contributed by atoms with Gasteiger partial charge in [-0.15, -0.1) is 0 Å². The zero-order valence-corrected chi connectivity index (χ0v) is 11.8. The summed E-state index contributed by atoms with van der Waals surface area (Å²) in [7, 11) is 0. The van der Waals surface area contributed by atoms with Gasteiger partial charge >= 0.3 is 0 Å². The van der Waals surface area contributed by atoms with Gasteiger partial charge in [-0.05, 0) is 37.6 Å². The Morgan fingerprint density at radius 1 is 1.44 bits per heavy atom. The molecule has 0 atom stereocenters. The Hall–Kier alpha value is -1.62. The summed E-state index contributed by atoms with van der Waals surface area (Å²) in [5.74, 6) is -0.0776. The summed E-state index contributed by atoms with van der Waals surface area (Å²) in [6.45, 7) is 4.37. The standard InChI is InChI=1S/C13H14BrN3O/c1-8-5-10(3-4-12(8)14)13(18)15-6-11-7-16-17-9(11)2/h3-5,7H,6H2,1-2H3,(H,15,18)(H,16,17). The van der Waals surface area contributed by atoms with Gasteiger partial charge in [0.1, 0.15) is 0 Å². The molecule has 1 aromatic carbocycles. The molecule has 0 fully saturated rings. The number of carbonyl (C=O) groups excluding carboxylic acids is 1. The van der Waals surface area contributed by atoms with Crippen LogP contribution >= 0.6 is 15.9 Å². The first-order valence-electron chi connectivity index (χ1n) is 5.61. The van der Waals surface area contributed by atoms with Crippen LogP contribution in [-0.2, 0) is 6.54 Å². The van der Waals surface area contributed by atoms with Crippen LogP contribution in [0.1, 0.15) is 27.2 Å². The second-order valence-electron chi connectivity index (χ2n) is 4.17. The normalized spacial score (nSPS) is 10.4.